The van der Waals surface area contributed by atoms with Crippen molar-refractivity contribution < 1.29 is 0 Å². The number of hydrogen-bond acceptors (Lipinski definition) is 3. The highest BCUT2D eigenvalue weighted by molar-refractivity contribution is 6.30. The van der Waals surface area contributed by atoms with Gasteiger partial charge >= 0.3 is 0 Å². The monoisotopic (exact) mass is 249 g/mol. The molecule has 0 radical (unpaired) electrons. The van der Waals surface area contributed by atoms with Crippen molar-refractivity contribution in [1.82, 2.24) is 0 Å². The number of nitrogen functional groups attached to an aromatic ring is 1. The zero-order valence-electron chi connectivity index (χ0n) is 8.45. The number of hydrogen-bond donors (Lipinski definition) is 3. The molecule has 86 valence electrons. The quantitative estimate of drug-likeness (QED) is 0.716. The molecule has 6 N–H and O–H groups in total. The van der Waals surface area contributed by atoms with Crippen LogP contribution in [0.15, 0.2) is 18.2 Å². The summed E-state index contributed by atoms with van der Waals surface area (Å²) >= 11 is 5.86. The molecule has 0 aliphatic rings. The van der Waals surface area contributed by atoms with Gasteiger partial charge < -0.3 is 17.2 Å². The number of rotatable bonds is 4. The van der Waals surface area contributed by atoms with Gasteiger partial charge in [0.2, 0.25) is 0 Å². The Bertz CT molecular complexity index is 305. The summed E-state index contributed by atoms with van der Waals surface area (Å²) in [7, 11) is 0. The predicted molar refractivity (Wildman–Crippen MR) is 68.3 cm³/mol. The first-order chi connectivity index (χ1) is 6.65. The summed E-state index contributed by atoms with van der Waals surface area (Å²) in [5.41, 5.74) is 18.8. The van der Waals surface area contributed by atoms with E-state index in [1.54, 1.807) is 12.1 Å². The molecule has 0 spiro atoms. The summed E-state index contributed by atoms with van der Waals surface area (Å²) in [6, 6.07) is 5.28. The summed E-state index contributed by atoms with van der Waals surface area (Å²) in [6.07, 6.45) is 1.73. The van der Waals surface area contributed by atoms with E-state index in [2.05, 4.69) is 0 Å². The van der Waals surface area contributed by atoms with Crippen LogP contribution in [0.2, 0.25) is 5.02 Å². The SMILES string of the molecule is Cl.NCCC[C@H](N)c1cc(Cl)ccc1N. The second-order valence-electron chi connectivity index (χ2n) is 3.31. The first-order valence-corrected chi connectivity index (χ1v) is 5.03. The lowest BCUT2D eigenvalue weighted by atomic mass is 10.0. The normalized spacial score (nSPS) is 11.9. The zero-order chi connectivity index (χ0) is 10.6. The van der Waals surface area contributed by atoms with Crippen molar-refractivity contribution in [2.45, 2.75) is 18.9 Å². The Morgan fingerprint density at radius 3 is 2.60 bits per heavy atom. The minimum Gasteiger partial charge on any atom is -0.398 e. The Kier molecular flexibility index (Phi) is 6.68. The molecule has 0 fully saturated rings. The van der Waals surface area contributed by atoms with Crippen LogP contribution in [0.25, 0.3) is 0 Å². The average Bonchev–Trinajstić information content (AvgIpc) is 2.18. The predicted octanol–water partition coefficient (Wildman–Crippen LogP) is 2.08. The highest BCUT2D eigenvalue weighted by Gasteiger charge is 2.09. The molecule has 0 amide bonds. The third-order valence-corrected chi connectivity index (χ3v) is 2.40. The Balaban J connectivity index is 0.00000196. The van der Waals surface area contributed by atoms with E-state index in [-0.39, 0.29) is 18.4 Å². The number of halogens is 2. The Labute approximate surface area is 101 Å². The fourth-order valence-electron chi connectivity index (χ4n) is 1.36. The molecule has 1 rings (SSSR count). The molecule has 1 aromatic rings. The van der Waals surface area contributed by atoms with E-state index in [0.717, 1.165) is 18.4 Å². The largest absolute Gasteiger partial charge is 0.398 e. The van der Waals surface area contributed by atoms with Gasteiger partial charge in [-0.2, -0.15) is 0 Å². The molecule has 0 bridgehead atoms. The fourth-order valence-corrected chi connectivity index (χ4v) is 1.54. The van der Waals surface area contributed by atoms with Crippen molar-refractivity contribution in [3.05, 3.63) is 28.8 Å². The molecule has 0 saturated heterocycles. The summed E-state index contributed by atoms with van der Waals surface area (Å²) in [4.78, 5) is 0. The van der Waals surface area contributed by atoms with Gasteiger partial charge in [-0.15, -0.1) is 12.4 Å². The highest BCUT2D eigenvalue weighted by Crippen LogP contribution is 2.25. The maximum absolute atomic E-state index is 5.96. The zero-order valence-corrected chi connectivity index (χ0v) is 10.0. The highest BCUT2D eigenvalue weighted by atomic mass is 35.5. The Morgan fingerprint density at radius 2 is 2.00 bits per heavy atom. The molecular weight excluding hydrogens is 233 g/mol. The van der Waals surface area contributed by atoms with Gasteiger partial charge in [0, 0.05) is 16.8 Å². The average molecular weight is 250 g/mol. The van der Waals surface area contributed by atoms with Crippen LogP contribution in [0.1, 0.15) is 24.4 Å². The number of benzene rings is 1. The van der Waals surface area contributed by atoms with Crippen LogP contribution in [0.4, 0.5) is 5.69 Å². The van der Waals surface area contributed by atoms with Gasteiger partial charge in [0.15, 0.2) is 0 Å². The smallest absolute Gasteiger partial charge is 0.0410 e. The number of nitrogens with two attached hydrogens (primary N) is 3. The Hall–Kier alpha value is -0.480. The van der Waals surface area contributed by atoms with Crippen LogP contribution >= 0.6 is 24.0 Å². The molecule has 15 heavy (non-hydrogen) atoms. The van der Waals surface area contributed by atoms with Crippen LogP contribution in [0.3, 0.4) is 0 Å². The second-order valence-corrected chi connectivity index (χ2v) is 3.75. The van der Waals surface area contributed by atoms with Crippen molar-refractivity contribution in [3.63, 3.8) is 0 Å². The lowest BCUT2D eigenvalue weighted by Gasteiger charge is -2.14. The molecule has 0 aliphatic heterocycles. The van der Waals surface area contributed by atoms with E-state index >= 15 is 0 Å². The van der Waals surface area contributed by atoms with Crippen LogP contribution in [-0.4, -0.2) is 6.54 Å². The Morgan fingerprint density at radius 1 is 1.33 bits per heavy atom. The van der Waals surface area contributed by atoms with Gasteiger partial charge in [0.05, 0.1) is 0 Å². The van der Waals surface area contributed by atoms with E-state index in [9.17, 15) is 0 Å². The minimum absolute atomic E-state index is 0. The summed E-state index contributed by atoms with van der Waals surface area (Å²) in [5, 5.41) is 0.664. The van der Waals surface area contributed by atoms with Gasteiger partial charge in [0.1, 0.15) is 0 Å². The van der Waals surface area contributed by atoms with Gasteiger partial charge in [-0.05, 0) is 43.1 Å². The minimum atomic E-state index is -0.0720. The van der Waals surface area contributed by atoms with Gasteiger partial charge in [-0.1, -0.05) is 11.6 Å². The topological polar surface area (TPSA) is 78.1 Å². The summed E-state index contributed by atoms with van der Waals surface area (Å²) < 4.78 is 0. The van der Waals surface area contributed by atoms with Crippen LogP contribution < -0.4 is 17.2 Å². The first kappa shape index (κ1) is 14.5. The van der Waals surface area contributed by atoms with Gasteiger partial charge in [-0.3, -0.25) is 0 Å². The van der Waals surface area contributed by atoms with Crippen LogP contribution in [-0.2, 0) is 0 Å². The van der Waals surface area contributed by atoms with Crippen molar-refractivity contribution in [2.75, 3.05) is 12.3 Å². The van der Waals surface area contributed by atoms with Gasteiger partial charge in [0.25, 0.3) is 0 Å². The third kappa shape index (κ3) is 4.26. The molecule has 1 atom stereocenters. The van der Waals surface area contributed by atoms with Crippen LogP contribution in [0.5, 0.6) is 0 Å². The molecule has 0 aromatic heterocycles. The molecule has 5 heteroatoms. The maximum Gasteiger partial charge on any atom is 0.0410 e. The van der Waals surface area contributed by atoms with Crippen LogP contribution in [0, 0.1) is 0 Å². The van der Waals surface area contributed by atoms with Crippen molar-refractivity contribution in [2.24, 2.45) is 11.5 Å². The summed E-state index contributed by atoms with van der Waals surface area (Å²) in [6.45, 7) is 0.647. The van der Waals surface area contributed by atoms with Crippen molar-refractivity contribution >= 4 is 29.7 Å². The van der Waals surface area contributed by atoms with E-state index in [1.807, 2.05) is 6.07 Å². The standard InChI is InChI=1S/C10H16ClN3.ClH/c11-7-3-4-10(14)8(6-7)9(13)2-1-5-12;/h3-4,6,9H,1-2,5,12-14H2;1H/t9-;/m0./s1. The molecule has 0 saturated carbocycles. The van der Waals surface area contributed by atoms with E-state index in [0.29, 0.717) is 17.3 Å². The lowest BCUT2D eigenvalue weighted by molar-refractivity contribution is 0.619. The van der Waals surface area contributed by atoms with Gasteiger partial charge in [-0.25, -0.2) is 0 Å². The molecule has 0 heterocycles. The van der Waals surface area contributed by atoms with E-state index < -0.39 is 0 Å². The van der Waals surface area contributed by atoms with Crippen molar-refractivity contribution in [1.29, 1.82) is 0 Å². The third-order valence-electron chi connectivity index (χ3n) is 2.17. The first-order valence-electron chi connectivity index (χ1n) is 4.65. The lowest BCUT2D eigenvalue weighted by Crippen LogP contribution is -2.14. The fraction of sp³-hybridized carbons (Fsp3) is 0.400. The molecule has 0 aliphatic carbocycles. The molecule has 3 nitrogen and oxygen atoms in total. The molecule has 0 unspecified atom stereocenters. The van der Waals surface area contributed by atoms with E-state index in [4.69, 9.17) is 28.8 Å². The second kappa shape index (κ2) is 6.90. The maximum atomic E-state index is 5.96. The van der Waals surface area contributed by atoms with E-state index in [1.165, 1.54) is 0 Å². The van der Waals surface area contributed by atoms with Crippen molar-refractivity contribution in [3.8, 4) is 0 Å². The summed E-state index contributed by atoms with van der Waals surface area (Å²) in [5.74, 6) is 0. The molecule has 1 aromatic carbocycles. The number of anilines is 1. The molecular formula is C10H17Cl2N3.